The van der Waals surface area contributed by atoms with Gasteiger partial charge < -0.3 is 10.2 Å². The van der Waals surface area contributed by atoms with Gasteiger partial charge in [-0.05, 0) is 20.8 Å². The summed E-state index contributed by atoms with van der Waals surface area (Å²) in [5.74, 6) is -0.445. The minimum Gasteiger partial charge on any atom is -0.477 e. The van der Waals surface area contributed by atoms with Gasteiger partial charge in [0.1, 0.15) is 4.88 Å². The third-order valence-electron chi connectivity index (χ3n) is 1.52. The van der Waals surface area contributed by atoms with E-state index >= 15 is 0 Å². The number of rotatable bonds is 4. The summed E-state index contributed by atoms with van der Waals surface area (Å²) < 4.78 is 0.687. The van der Waals surface area contributed by atoms with Gasteiger partial charge in [0.2, 0.25) is 0 Å². The van der Waals surface area contributed by atoms with Gasteiger partial charge in [0.15, 0.2) is 4.34 Å². The number of aliphatic hydroxyl groups is 1. The van der Waals surface area contributed by atoms with E-state index in [0.717, 1.165) is 11.3 Å². The normalized spacial score (nSPS) is 11.7. The minimum absolute atomic E-state index is 0.272. The van der Waals surface area contributed by atoms with Crippen molar-refractivity contribution in [3.8, 4) is 0 Å². The van der Waals surface area contributed by atoms with E-state index in [1.165, 1.54) is 11.8 Å². The predicted octanol–water partition coefficient (Wildman–Crippen LogP) is 2.01. The van der Waals surface area contributed by atoms with Crippen LogP contribution in [0.2, 0.25) is 0 Å². The van der Waals surface area contributed by atoms with Crippen molar-refractivity contribution in [3.05, 3.63) is 10.6 Å². The number of hydrogen-bond acceptors (Lipinski definition) is 5. The maximum atomic E-state index is 10.7. The summed E-state index contributed by atoms with van der Waals surface area (Å²) in [5.41, 5.74) is -0.237. The monoisotopic (exact) mass is 247 g/mol. The molecule has 1 rings (SSSR count). The van der Waals surface area contributed by atoms with Gasteiger partial charge in [-0.15, -0.1) is 11.3 Å². The van der Waals surface area contributed by atoms with Gasteiger partial charge in [-0.25, -0.2) is 9.78 Å². The van der Waals surface area contributed by atoms with E-state index in [9.17, 15) is 9.90 Å². The first-order valence-electron chi connectivity index (χ1n) is 4.35. The molecule has 4 nitrogen and oxygen atoms in total. The van der Waals surface area contributed by atoms with E-state index in [-0.39, 0.29) is 4.88 Å². The van der Waals surface area contributed by atoms with Crippen LogP contribution in [0.15, 0.2) is 4.34 Å². The highest BCUT2D eigenvalue weighted by molar-refractivity contribution is 8.01. The summed E-state index contributed by atoms with van der Waals surface area (Å²) >= 11 is 2.52. The first-order chi connectivity index (χ1) is 6.79. The Morgan fingerprint density at radius 2 is 2.20 bits per heavy atom. The molecule has 0 aliphatic carbocycles. The summed E-state index contributed by atoms with van der Waals surface area (Å²) in [4.78, 5) is 15.1. The molecule has 0 aliphatic rings. The number of aromatic carboxylic acids is 1. The Balaban J connectivity index is 2.72. The number of nitrogens with zero attached hydrogens (tertiary/aromatic N) is 1. The summed E-state index contributed by atoms with van der Waals surface area (Å²) in [6, 6.07) is 0. The standard InChI is InChI=1S/C9H13NO3S2/c1-5-6(7(11)12)15-8(10-5)14-4-9(2,3)13/h13H,4H2,1-3H3,(H,11,12). The molecule has 0 saturated heterocycles. The highest BCUT2D eigenvalue weighted by Gasteiger charge is 2.17. The second kappa shape index (κ2) is 4.51. The van der Waals surface area contributed by atoms with E-state index in [0.29, 0.717) is 15.8 Å². The molecule has 0 atom stereocenters. The van der Waals surface area contributed by atoms with E-state index in [1.54, 1.807) is 20.8 Å². The molecule has 0 aromatic carbocycles. The van der Waals surface area contributed by atoms with Crippen LogP contribution in [0.1, 0.15) is 29.2 Å². The summed E-state index contributed by atoms with van der Waals surface area (Å²) in [6.45, 7) is 5.09. The highest BCUT2D eigenvalue weighted by Crippen LogP contribution is 2.29. The van der Waals surface area contributed by atoms with Gasteiger partial charge in [-0.2, -0.15) is 0 Å². The average Bonchev–Trinajstić information content (AvgIpc) is 2.42. The van der Waals surface area contributed by atoms with Crippen molar-refractivity contribution < 1.29 is 15.0 Å². The summed E-state index contributed by atoms with van der Waals surface area (Å²) in [5, 5.41) is 18.3. The molecule has 0 aliphatic heterocycles. The van der Waals surface area contributed by atoms with E-state index < -0.39 is 11.6 Å². The third-order valence-corrected chi connectivity index (χ3v) is 4.25. The molecule has 1 aromatic rings. The molecule has 0 spiro atoms. The van der Waals surface area contributed by atoms with Crippen LogP contribution in [0.3, 0.4) is 0 Å². The van der Waals surface area contributed by atoms with E-state index in [1.807, 2.05) is 0 Å². The molecule has 0 unspecified atom stereocenters. The van der Waals surface area contributed by atoms with Crippen molar-refractivity contribution in [3.63, 3.8) is 0 Å². The van der Waals surface area contributed by atoms with Gasteiger partial charge >= 0.3 is 5.97 Å². The van der Waals surface area contributed by atoms with Gasteiger partial charge in [-0.3, -0.25) is 0 Å². The lowest BCUT2D eigenvalue weighted by Crippen LogP contribution is -2.21. The molecule has 0 fully saturated rings. The zero-order valence-corrected chi connectivity index (χ0v) is 10.4. The Bertz CT molecular complexity index is 368. The van der Waals surface area contributed by atoms with Gasteiger partial charge in [0.25, 0.3) is 0 Å². The van der Waals surface area contributed by atoms with Crippen LogP contribution in [0.25, 0.3) is 0 Å². The van der Waals surface area contributed by atoms with Crippen LogP contribution in [0, 0.1) is 6.92 Å². The first kappa shape index (κ1) is 12.5. The van der Waals surface area contributed by atoms with Crippen molar-refractivity contribution in [1.29, 1.82) is 0 Å². The fourth-order valence-corrected chi connectivity index (χ4v) is 2.85. The number of carboxylic acids is 1. The Morgan fingerprint density at radius 1 is 1.60 bits per heavy atom. The largest absolute Gasteiger partial charge is 0.477 e. The quantitative estimate of drug-likeness (QED) is 0.796. The molecule has 1 heterocycles. The number of carbonyl (C=O) groups is 1. The van der Waals surface area contributed by atoms with Gasteiger partial charge in [-0.1, -0.05) is 11.8 Å². The van der Waals surface area contributed by atoms with E-state index in [4.69, 9.17) is 5.11 Å². The Kier molecular flexibility index (Phi) is 3.75. The SMILES string of the molecule is Cc1nc(SCC(C)(C)O)sc1C(=O)O. The number of thioether (sulfide) groups is 1. The molecule has 84 valence electrons. The van der Waals surface area contributed by atoms with Crippen molar-refractivity contribution in [2.75, 3.05) is 5.75 Å². The van der Waals surface area contributed by atoms with Crippen LogP contribution in [0.5, 0.6) is 0 Å². The van der Waals surface area contributed by atoms with Crippen LogP contribution < -0.4 is 0 Å². The number of aryl methyl sites for hydroxylation is 1. The van der Waals surface area contributed by atoms with Crippen LogP contribution in [0.4, 0.5) is 0 Å². The first-order valence-corrected chi connectivity index (χ1v) is 6.16. The highest BCUT2D eigenvalue weighted by atomic mass is 32.2. The van der Waals surface area contributed by atoms with Gasteiger partial charge in [0.05, 0.1) is 11.3 Å². The van der Waals surface area contributed by atoms with Crippen LogP contribution in [-0.2, 0) is 0 Å². The Labute approximate surface area is 96.4 Å². The van der Waals surface area contributed by atoms with E-state index in [2.05, 4.69) is 4.98 Å². The molecule has 2 N–H and O–H groups in total. The molecule has 6 heteroatoms. The second-order valence-corrected chi connectivity index (χ2v) is 6.02. The molecule has 15 heavy (non-hydrogen) atoms. The summed E-state index contributed by atoms with van der Waals surface area (Å²) in [7, 11) is 0. The molecule has 0 amide bonds. The van der Waals surface area contributed by atoms with Crippen molar-refractivity contribution in [2.45, 2.75) is 30.7 Å². The zero-order chi connectivity index (χ0) is 11.6. The van der Waals surface area contributed by atoms with Crippen molar-refractivity contribution >= 4 is 29.1 Å². The maximum Gasteiger partial charge on any atom is 0.347 e. The topological polar surface area (TPSA) is 70.4 Å². The number of thiazole rings is 1. The van der Waals surface area contributed by atoms with Crippen LogP contribution >= 0.6 is 23.1 Å². The average molecular weight is 247 g/mol. The molecule has 0 saturated carbocycles. The number of carboxylic acid groups (broad SMARTS) is 1. The lowest BCUT2D eigenvalue weighted by atomic mass is 10.2. The second-order valence-electron chi connectivity index (χ2n) is 3.80. The minimum atomic E-state index is -0.944. The number of aromatic nitrogens is 1. The number of hydrogen-bond donors (Lipinski definition) is 2. The maximum absolute atomic E-state index is 10.7. The zero-order valence-electron chi connectivity index (χ0n) is 8.77. The van der Waals surface area contributed by atoms with Crippen molar-refractivity contribution in [1.82, 2.24) is 4.98 Å². The Hall–Kier alpha value is -0.590. The van der Waals surface area contributed by atoms with Crippen molar-refractivity contribution in [2.24, 2.45) is 0 Å². The van der Waals surface area contributed by atoms with Crippen LogP contribution in [-0.4, -0.2) is 32.5 Å². The smallest absolute Gasteiger partial charge is 0.347 e. The fourth-order valence-electron chi connectivity index (χ4n) is 0.870. The Morgan fingerprint density at radius 3 is 2.60 bits per heavy atom. The fraction of sp³-hybridized carbons (Fsp3) is 0.556. The molecule has 0 bridgehead atoms. The predicted molar refractivity (Wildman–Crippen MR) is 60.8 cm³/mol. The molecule has 0 radical (unpaired) electrons. The van der Waals surface area contributed by atoms with Gasteiger partial charge in [0, 0.05) is 5.75 Å². The lowest BCUT2D eigenvalue weighted by molar-refractivity contribution is 0.0701. The molecular formula is C9H13NO3S2. The summed E-state index contributed by atoms with van der Waals surface area (Å²) in [6.07, 6.45) is 0. The third kappa shape index (κ3) is 3.81. The molecule has 1 aromatic heterocycles. The molecular weight excluding hydrogens is 234 g/mol. The lowest BCUT2D eigenvalue weighted by Gasteiger charge is -2.14.